The lowest BCUT2D eigenvalue weighted by Crippen LogP contribution is -2.36. The van der Waals surface area contributed by atoms with E-state index in [1.807, 2.05) is 34.2 Å². The minimum atomic E-state index is 0.724. The zero-order chi connectivity index (χ0) is 20.1. The Morgan fingerprint density at radius 1 is 1.17 bits per heavy atom. The van der Waals surface area contributed by atoms with Crippen LogP contribution in [0.4, 0.5) is 0 Å². The summed E-state index contributed by atoms with van der Waals surface area (Å²) in [7, 11) is 0. The maximum absolute atomic E-state index is 5.50. The van der Waals surface area contributed by atoms with Gasteiger partial charge in [0, 0.05) is 18.0 Å². The van der Waals surface area contributed by atoms with E-state index in [2.05, 4.69) is 28.2 Å². The third kappa shape index (κ3) is 3.10. The Morgan fingerprint density at radius 2 is 2.03 bits per heavy atom. The molecule has 4 heterocycles. The van der Waals surface area contributed by atoms with E-state index in [1.165, 1.54) is 22.2 Å². The predicted octanol–water partition coefficient (Wildman–Crippen LogP) is 3.38. The third-order valence-electron chi connectivity index (χ3n) is 6.20. The predicted molar refractivity (Wildman–Crippen MR) is 117 cm³/mol. The normalized spacial score (nSPS) is 20.1. The summed E-state index contributed by atoms with van der Waals surface area (Å²) in [4.78, 5) is 15.0. The summed E-state index contributed by atoms with van der Waals surface area (Å²) < 4.78 is 7.41. The summed E-state index contributed by atoms with van der Waals surface area (Å²) >= 11 is 1.84. The van der Waals surface area contributed by atoms with Crippen LogP contribution in [0.15, 0.2) is 24.3 Å². The van der Waals surface area contributed by atoms with Crippen molar-refractivity contribution in [2.24, 2.45) is 5.92 Å². The molecule has 1 aromatic carbocycles. The monoisotopic (exact) mass is 420 g/mol. The van der Waals surface area contributed by atoms with Crippen molar-refractivity contribution in [3.05, 3.63) is 40.5 Å². The molecule has 3 aromatic heterocycles. The topological polar surface area (TPSA) is 69.0 Å². The van der Waals surface area contributed by atoms with Crippen LogP contribution in [0.1, 0.15) is 29.6 Å². The molecule has 0 unspecified atom stereocenters. The highest BCUT2D eigenvalue weighted by atomic mass is 32.1. The van der Waals surface area contributed by atoms with E-state index in [0.717, 1.165) is 79.1 Å². The van der Waals surface area contributed by atoms with Gasteiger partial charge in [-0.1, -0.05) is 24.3 Å². The largest absolute Gasteiger partial charge is 0.379 e. The first-order chi connectivity index (χ1) is 14.8. The number of hydrogen-bond acceptors (Lipinski definition) is 7. The fourth-order valence-electron chi connectivity index (χ4n) is 4.57. The standard InChI is InChI=1S/C22H24N6OS/c1-14-6-7-15-18(12-14)30-22-20(15)21(28-17-5-3-2-4-16(17)25-26-28)23-19(24-22)13-27-8-10-29-11-9-27/h2-5,14H,6-13H2,1H3/t14-/m0/s1. The van der Waals surface area contributed by atoms with Gasteiger partial charge in [0.05, 0.1) is 30.7 Å². The Labute approximate surface area is 178 Å². The number of benzene rings is 1. The minimum Gasteiger partial charge on any atom is -0.379 e. The Kier molecular flexibility index (Phi) is 4.51. The van der Waals surface area contributed by atoms with Crippen LogP contribution in [0.2, 0.25) is 0 Å². The number of rotatable bonds is 3. The highest BCUT2D eigenvalue weighted by molar-refractivity contribution is 7.18. The average molecular weight is 421 g/mol. The summed E-state index contributed by atoms with van der Waals surface area (Å²) in [5.41, 5.74) is 3.29. The smallest absolute Gasteiger partial charge is 0.168 e. The van der Waals surface area contributed by atoms with Gasteiger partial charge in [0.25, 0.3) is 0 Å². The molecular weight excluding hydrogens is 396 g/mol. The average Bonchev–Trinajstić information content (AvgIpc) is 3.34. The molecule has 0 radical (unpaired) electrons. The number of hydrogen-bond donors (Lipinski definition) is 0. The molecule has 0 saturated carbocycles. The summed E-state index contributed by atoms with van der Waals surface area (Å²) in [5.74, 6) is 2.46. The lowest BCUT2D eigenvalue weighted by molar-refractivity contribution is 0.0331. The zero-order valence-corrected chi connectivity index (χ0v) is 17.9. The van der Waals surface area contributed by atoms with E-state index in [9.17, 15) is 0 Å². The van der Waals surface area contributed by atoms with Gasteiger partial charge in [0.1, 0.15) is 16.2 Å². The number of fused-ring (bicyclic) bond motifs is 4. The van der Waals surface area contributed by atoms with Crippen LogP contribution in [0.25, 0.3) is 27.1 Å². The van der Waals surface area contributed by atoms with Crippen LogP contribution < -0.4 is 0 Å². The van der Waals surface area contributed by atoms with Gasteiger partial charge < -0.3 is 4.74 Å². The molecule has 154 valence electrons. The van der Waals surface area contributed by atoms with Crippen molar-refractivity contribution in [1.29, 1.82) is 0 Å². The van der Waals surface area contributed by atoms with Gasteiger partial charge >= 0.3 is 0 Å². The lowest BCUT2D eigenvalue weighted by Gasteiger charge is -2.25. The molecule has 1 saturated heterocycles. The van der Waals surface area contributed by atoms with E-state index < -0.39 is 0 Å². The number of aryl methyl sites for hydroxylation is 1. The van der Waals surface area contributed by atoms with Crippen LogP contribution >= 0.6 is 11.3 Å². The fraction of sp³-hybridized carbons (Fsp3) is 0.455. The Morgan fingerprint density at radius 3 is 2.93 bits per heavy atom. The molecule has 0 amide bonds. The molecule has 1 aliphatic heterocycles. The van der Waals surface area contributed by atoms with Gasteiger partial charge in [-0.2, -0.15) is 4.68 Å². The highest BCUT2D eigenvalue weighted by Crippen LogP contribution is 2.39. The number of thiophene rings is 1. The maximum atomic E-state index is 5.50. The van der Waals surface area contributed by atoms with Crippen molar-refractivity contribution in [3.63, 3.8) is 0 Å². The molecule has 1 aliphatic carbocycles. The molecule has 7 nitrogen and oxygen atoms in total. The quantitative estimate of drug-likeness (QED) is 0.506. The van der Waals surface area contributed by atoms with Crippen LogP contribution in [0, 0.1) is 5.92 Å². The molecule has 0 spiro atoms. The van der Waals surface area contributed by atoms with Crippen molar-refractivity contribution in [2.45, 2.75) is 32.7 Å². The molecular formula is C22H24N6OS. The molecule has 1 fully saturated rings. The van der Waals surface area contributed by atoms with Gasteiger partial charge in [-0.3, -0.25) is 4.90 Å². The van der Waals surface area contributed by atoms with Crippen molar-refractivity contribution in [1.82, 2.24) is 29.9 Å². The summed E-state index contributed by atoms with van der Waals surface area (Å²) in [6.07, 6.45) is 3.43. The Balaban J connectivity index is 1.54. The number of ether oxygens (including phenoxy) is 1. The van der Waals surface area contributed by atoms with Crippen LogP contribution in [0.5, 0.6) is 0 Å². The number of nitrogens with zero attached hydrogens (tertiary/aromatic N) is 6. The van der Waals surface area contributed by atoms with Crippen molar-refractivity contribution < 1.29 is 4.74 Å². The number of morpholine rings is 1. The molecule has 2 aliphatic rings. The highest BCUT2D eigenvalue weighted by Gasteiger charge is 2.26. The van der Waals surface area contributed by atoms with Gasteiger partial charge in [-0.05, 0) is 42.9 Å². The lowest BCUT2D eigenvalue weighted by atomic mass is 9.89. The van der Waals surface area contributed by atoms with Crippen LogP contribution in [-0.2, 0) is 24.1 Å². The third-order valence-corrected chi connectivity index (χ3v) is 7.35. The van der Waals surface area contributed by atoms with Crippen molar-refractivity contribution >= 4 is 32.6 Å². The second-order valence-corrected chi connectivity index (χ2v) is 9.46. The van der Waals surface area contributed by atoms with E-state index >= 15 is 0 Å². The summed E-state index contributed by atoms with van der Waals surface area (Å²) in [6.45, 7) is 6.46. The van der Waals surface area contributed by atoms with E-state index in [4.69, 9.17) is 14.7 Å². The Bertz CT molecular complexity index is 1230. The van der Waals surface area contributed by atoms with Gasteiger partial charge in [0.2, 0.25) is 0 Å². The van der Waals surface area contributed by atoms with Crippen molar-refractivity contribution in [3.8, 4) is 5.82 Å². The molecule has 0 N–H and O–H groups in total. The van der Waals surface area contributed by atoms with E-state index in [1.54, 1.807) is 0 Å². The maximum Gasteiger partial charge on any atom is 0.168 e. The first-order valence-electron chi connectivity index (χ1n) is 10.7. The van der Waals surface area contributed by atoms with Gasteiger partial charge in [-0.25, -0.2) is 9.97 Å². The number of para-hydroxylation sites is 1. The molecule has 30 heavy (non-hydrogen) atoms. The number of aromatic nitrogens is 5. The van der Waals surface area contributed by atoms with E-state index in [-0.39, 0.29) is 0 Å². The molecule has 8 heteroatoms. The summed E-state index contributed by atoms with van der Waals surface area (Å²) in [5, 5.41) is 10.0. The fourth-order valence-corrected chi connectivity index (χ4v) is 5.97. The van der Waals surface area contributed by atoms with Crippen molar-refractivity contribution in [2.75, 3.05) is 26.3 Å². The van der Waals surface area contributed by atoms with Gasteiger partial charge in [-0.15, -0.1) is 16.4 Å². The first kappa shape index (κ1) is 18.4. The minimum absolute atomic E-state index is 0.724. The molecule has 4 aromatic rings. The zero-order valence-electron chi connectivity index (χ0n) is 17.0. The first-order valence-corrected chi connectivity index (χ1v) is 11.5. The molecule has 1 atom stereocenters. The molecule has 6 rings (SSSR count). The second-order valence-electron chi connectivity index (χ2n) is 8.37. The molecule has 0 bridgehead atoms. The van der Waals surface area contributed by atoms with Crippen LogP contribution in [0.3, 0.4) is 0 Å². The van der Waals surface area contributed by atoms with Crippen LogP contribution in [-0.4, -0.2) is 56.2 Å². The second kappa shape index (κ2) is 7.37. The summed E-state index contributed by atoms with van der Waals surface area (Å²) in [6, 6.07) is 8.08. The van der Waals surface area contributed by atoms with E-state index in [0.29, 0.717) is 0 Å². The Hall–Kier alpha value is -2.42. The van der Waals surface area contributed by atoms with Gasteiger partial charge in [0.15, 0.2) is 5.82 Å². The SMILES string of the molecule is C[C@H]1CCc2c(sc3nc(CN4CCOCC4)nc(-n4nnc5ccccc54)c23)C1.